The fourth-order valence-electron chi connectivity index (χ4n) is 2.17. The number of nitrogens with zero attached hydrogens (tertiary/aromatic N) is 2. The van der Waals surface area contributed by atoms with Gasteiger partial charge >= 0.3 is 0 Å². The van der Waals surface area contributed by atoms with Crippen LogP contribution in [-0.2, 0) is 6.42 Å². The van der Waals surface area contributed by atoms with Gasteiger partial charge in [-0.05, 0) is 24.0 Å². The molecule has 3 N–H and O–H groups in total. The van der Waals surface area contributed by atoms with Gasteiger partial charge in [0.1, 0.15) is 5.82 Å². The molecule has 0 unspecified atom stereocenters. The predicted molar refractivity (Wildman–Crippen MR) is 82.5 cm³/mol. The number of carbonyl (C=O) groups excluding carboxylic acids is 1. The second kappa shape index (κ2) is 6.70. The van der Waals surface area contributed by atoms with Crippen molar-refractivity contribution in [1.82, 2.24) is 9.88 Å². The predicted octanol–water partition coefficient (Wildman–Crippen LogP) is 2.44. The van der Waals surface area contributed by atoms with Crippen molar-refractivity contribution in [3.05, 3.63) is 23.4 Å². The lowest BCUT2D eigenvalue weighted by Crippen LogP contribution is -2.34. The molecule has 0 radical (unpaired) electrons. The Kier molecular flexibility index (Phi) is 5.51. The average molecular weight is 278 g/mol. The molecule has 0 saturated carbocycles. The lowest BCUT2D eigenvalue weighted by Gasteiger charge is -2.26. The third kappa shape index (κ3) is 4.81. The molecule has 0 aliphatic carbocycles. The van der Waals surface area contributed by atoms with Gasteiger partial charge in [-0.2, -0.15) is 0 Å². The first-order valence-electron chi connectivity index (χ1n) is 7.00. The molecule has 1 heterocycles. The van der Waals surface area contributed by atoms with Crippen molar-refractivity contribution in [2.75, 3.05) is 19.0 Å². The lowest BCUT2D eigenvalue weighted by atomic mass is 9.96. The van der Waals surface area contributed by atoms with E-state index >= 15 is 0 Å². The van der Waals surface area contributed by atoms with E-state index in [2.05, 4.69) is 38.1 Å². The van der Waals surface area contributed by atoms with E-state index in [0.29, 0.717) is 17.9 Å². The van der Waals surface area contributed by atoms with Crippen LogP contribution in [0, 0.1) is 5.41 Å². The fourth-order valence-corrected chi connectivity index (χ4v) is 2.17. The summed E-state index contributed by atoms with van der Waals surface area (Å²) in [7, 11) is 1.82. The molecule has 0 aromatic carbocycles. The summed E-state index contributed by atoms with van der Waals surface area (Å²) in [5, 5.41) is 0. The van der Waals surface area contributed by atoms with Crippen molar-refractivity contribution < 1.29 is 4.79 Å². The Bertz CT molecular complexity index is 465. The van der Waals surface area contributed by atoms with Crippen LogP contribution in [0.1, 0.15) is 50.2 Å². The van der Waals surface area contributed by atoms with E-state index in [-0.39, 0.29) is 11.3 Å². The number of aromatic nitrogens is 1. The summed E-state index contributed by atoms with van der Waals surface area (Å²) in [4.78, 5) is 18.6. The van der Waals surface area contributed by atoms with Crippen molar-refractivity contribution in [3.63, 3.8) is 0 Å². The van der Waals surface area contributed by atoms with Crippen LogP contribution in [-0.4, -0.2) is 29.4 Å². The van der Waals surface area contributed by atoms with Crippen LogP contribution in [0.3, 0.4) is 0 Å². The average Bonchev–Trinajstić information content (AvgIpc) is 2.35. The van der Waals surface area contributed by atoms with Crippen LogP contribution in [0.2, 0.25) is 0 Å². The van der Waals surface area contributed by atoms with Gasteiger partial charge in [-0.25, -0.2) is 10.8 Å². The molecule has 0 aliphatic rings. The zero-order chi connectivity index (χ0) is 15.3. The molecule has 1 rings (SSSR count). The van der Waals surface area contributed by atoms with Crippen LogP contribution < -0.4 is 11.3 Å². The molecule has 20 heavy (non-hydrogen) atoms. The van der Waals surface area contributed by atoms with Crippen molar-refractivity contribution >= 4 is 11.7 Å². The maximum atomic E-state index is 12.5. The minimum absolute atomic E-state index is 0.00354. The molecule has 5 nitrogen and oxygen atoms in total. The molecule has 0 bridgehead atoms. The topological polar surface area (TPSA) is 71.2 Å². The zero-order valence-electron chi connectivity index (χ0n) is 13.2. The van der Waals surface area contributed by atoms with E-state index in [1.807, 2.05) is 13.1 Å². The molecule has 0 atom stereocenters. The second-order valence-corrected chi connectivity index (χ2v) is 6.35. The molecular formula is C15H26N4O. The highest BCUT2D eigenvalue weighted by molar-refractivity contribution is 5.94. The number of hydrogen-bond acceptors (Lipinski definition) is 4. The van der Waals surface area contributed by atoms with Crippen molar-refractivity contribution in [1.29, 1.82) is 0 Å². The number of hydrogen-bond donors (Lipinski definition) is 2. The Labute approximate surface area is 121 Å². The Balaban J connectivity index is 2.99. The molecule has 112 valence electrons. The Morgan fingerprint density at radius 1 is 1.40 bits per heavy atom. The third-order valence-electron chi connectivity index (χ3n) is 2.84. The van der Waals surface area contributed by atoms with Gasteiger partial charge in [0, 0.05) is 24.8 Å². The summed E-state index contributed by atoms with van der Waals surface area (Å²) in [6.07, 6.45) is 1.81. The van der Waals surface area contributed by atoms with Crippen LogP contribution >= 0.6 is 0 Å². The van der Waals surface area contributed by atoms with Crippen molar-refractivity contribution in [2.24, 2.45) is 11.3 Å². The summed E-state index contributed by atoms with van der Waals surface area (Å²) in [5.74, 6) is 5.95. The van der Waals surface area contributed by atoms with Crippen LogP contribution in [0.5, 0.6) is 0 Å². The van der Waals surface area contributed by atoms with Gasteiger partial charge in [0.2, 0.25) is 0 Å². The van der Waals surface area contributed by atoms with E-state index in [0.717, 1.165) is 18.5 Å². The molecule has 0 saturated heterocycles. The van der Waals surface area contributed by atoms with Crippen LogP contribution in [0.4, 0.5) is 5.82 Å². The highest BCUT2D eigenvalue weighted by atomic mass is 16.2. The van der Waals surface area contributed by atoms with Crippen LogP contribution in [0.15, 0.2) is 12.1 Å². The van der Waals surface area contributed by atoms with E-state index in [9.17, 15) is 4.79 Å². The maximum Gasteiger partial charge on any atom is 0.253 e. The number of aryl methyl sites for hydroxylation is 1. The van der Waals surface area contributed by atoms with Gasteiger partial charge in [0.15, 0.2) is 0 Å². The number of amides is 1. The third-order valence-corrected chi connectivity index (χ3v) is 2.84. The summed E-state index contributed by atoms with van der Waals surface area (Å²) in [5.41, 5.74) is 4.11. The highest BCUT2D eigenvalue weighted by Gasteiger charge is 2.19. The Hall–Kier alpha value is -1.62. The first-order valence-corrected chi connectivity index (χ1v) is 7.00. The normalized spacial score (nSPS) is 11.3. The zero-order valence-corrected chi connectivity index (χ0v) is 13.2. The number of anilines is 1. The second-order valence-electron chi connectivity index (χ2n) is 6.35. The quantitative estimate of drug-likeness (QED) is 0.641. The summed E-state index contributed by atoms with van der Waals surface area (Å²) < 4.78 is 0. The standard InChI is InChI=1S/C15H26N4O/c1-6-7-12-8-11(9-13(17-12)18-16)14(20)19(5)10-15(2,3)4/h8-9H,6-7,10,16H2,1-5H3,(H,17,18). The lowest BCUT2D eigenvalue weighted by molar-refractivity contribution is 0.0745. The number of nitrogen functional groups attached to an aromatic ring is 1. The number of hydrazine groups is 1. The largest absolute Gasteiger partial charge is 0.341 e. The summed E-state index contributed by atoms with van der Waals surface area (Å²) in [6, 6.07) is 3.55. The number of carbonyl (C=O) groups is 1. The molecule has 1 aromatic rings. The molecule has 1 aromatic heterocycles. The number of nitrogens with two attached hydrogens (primary N) is 1. The molecule has 0 fully saturated rings. The van der Waals surface area contributed by atoms with E-state index < -0.39 is 0 Å². The first kappa shape index (κ1) is 16.4. The van der Waals surface area contributed by atoms with Crippen molar-refractivity contribution in [3.8, 4) is 0 Å². The summed E-state index contributed by atoms with van der Waals surface area (Å²) >= 11 is 0. The summed E-state index contributed by atoms with van der Waals surface area (Å²) in [6.45, 7) is 9.11. The minimum Gasteiger partial charge on any atom is -0.341 e. The van der Waals surface area contributed by atoms with Gasteiger partial charge in [-0.1, -0.05) is 34.1 Å². The monoisotopic (exact) mass is 278 g/mol. The number of pyridine rings is 1. The SMILES string of the molecule is CCCc1cc(C(=O)N(C)CC(C)(C)C)cc(NN)n1. The van der Waals surface area contributed by atoms with Gasteiger partial charge < -0.3 is 10.3 Å². The van der Waals surface area contributed by atoms with E-state index in [4.69, 9.17) is 5.84 Å². The number of nitrogens with one attached hydrogen (secondary N) is 1. The Morgan fingerprint density at radius 2 is 2.05 bits per heavy atom. The van der Waals surface area contributed by atoms with E-state index in [1.165, 1.54) is 0 Å². The molecule has 0 aliphatic heterocycles. The first-order chi connectivity index (χ1) is 9.26. The van der Waals surface area contributed by atoms with Crippen molar-refractivity contribution in [2.45, 2.75) is 40.5 Å². The molecule has 0 spiro atoms. The van der Waals surface area contributed by atoms with Gasteiger partial charge in [-0.15, -0.1) is 0 Å². The smallest absolute Gasteiger partial charge is 0.253 e. The number of rotatable bonds is 5. The minimum atomic E-state index is -0.00354. The maximum absolute atomic E-state index is 12.5. The molecule has 5 heteroatoms. The van der Waals surface area contributed by atoms with Gasteiger partial charge in [-0.3, -0.25) is 4.79 Å². The Morgan fingerprint density at radius 3 is 2.55 bits per heavy atom. The van der Waals surface area contributed by atoms with Gasteiger partial charge in [0.25, 0.3) is 5.91 Å². The van der Waals surface area contributed by atoms with E-state index in [1.54, 1.807) is 11.0 Å². The van der Waals surface area contributed by atoms with Crippen LogP contribution in [0.25, 0.3) is 0 Å². The fraction of sp³-hybridized carbons (Fsp3) is 0.600. The molecular weight excluding hydrogens is 252 g/mol. The van der Waals surface area contributed by atoms with Gasteiger partial charge in [0.05, 0.1) is 0 Å². The highest BCUT2D eigenvalue weighted by Crippen LogP contribution is 2.18. The molecule has 1 amide bonds.